The second-order valence-electron chi connectivity index (χ2n) is 6.34. The van der Waals surface area contributed by atoms with Gasteiger partial charge in [-0.3, -0.25) is 9.71 Å². The summed E-state index contributed by atoms with van der Waals surface area (Å²) in [7, 11) is -3.94. The third-order valence-electron chi connectivity index (χ3n) is 4.17. The molecule has 31 heavy (non-hydrogen) atoms. The van der Waals surface area contributed by atoms with Gasteiger partial charge in [-0.1, -0.05) is 41.6 Å². The van der Waals surface area contributed by atoms with Crippen LogP contribution in [0.25, 0.3) is 23.1 Å². The molecule has 0 bridgehead atoms. The Morgan fingerprint density at radius 1 is 1.00 bits per heavy atom. The van der Waals surface area contributed by atoms with Gasteiger partial charge in [0.15, 0.2) is 5.82 Å². The van der Waals surface area contributed by atoms with Crippen molar-refractivity contribution in [2.45, 2.75) is 11.1 Å². The number of halogens is 3. The zero-order valence-corrected chi connectivity index (χ0v) is 16.4. The zero-order chi connectivity index (χ0) is 22.1. The van der Waals surface area contributed by atoms with Crippen molar-refractivity contribution >= 4 is 38.8 Å². The summed E-state index contributed by atoms with van der Waals surface area (Å²) in [6.07, 6.45) is -0.671. The summed E-state index contributed by atoms with van der Waals surface area (Å²) in [6, 6.07) is 14.5. The summed E-state index contributed by atoms with van der Waals surface area (Å²) < 4.78 is 70.0. The van der Waals surface area contributed by atoms with Gasteiger partial charge in [-0.15, -0.1) is 0 Å². The molecule has 0 aliphatic carbocycles. The van der Waals surface area contributed by atoms with E-state index in [-0.39, 0.29) is 10.7 Å². The number of para-hydroxylation sites is 1. The van der Waals surface area contributed by atoms with E-state index < -0.39 is 22.1 Å². The largest absolute Gasteiger partial charge is 0.471 e. The predicted molar refractivity (Wildman–Crippen MR) is 107 cm³/mol. The van der Waals surface area contributed by atoms with Crippen molar-refractivity contribution in [3.05, 3.63) is 78.1 Å². The van der Waals surface area contributed by atoms with Crippen molar-refractivity contribution in [2.24, 2.45) is 0 Å². The highest BCUT2D eigenvalue weighted by atomic mass is 32.2. The Hall–Kier alpha value is -3.73. The van der Waals surface area contributed by atoms with Crippen LogP contribution in [0.1, 0.15) is 17.3 Å². The lowest BCUT2D eigenvalue weighted by Gasteiger charge is -2.10. The molecule has 0 unspecified atom stereocenters. The molecule has 4 aromatic rings. The summed E-state index contributed by atoms with van der Waals surface area (Å²) >= 11 is 0. The van der Waals surface area contributed by atoms with Crippen LogP contribution >= 0.6 is 0 Å². The first kappa shape index (κ1) is 20.5. The molecule has 2 heterocycles. The molecular weight excluding hydrogens is 433 g/mol. The summed E-state index contributed by atoms with van der Waals surface area (Å²) in [5.41, 5.74) is 1.43. The van der Waals surface area contributed by atoms with Crippen molar-refractivity contribution in [1.82, 2.24) is 15.1 Å². The van der Waals surface area contributed by atoms with Gasteiger partial charge in [0.05, 0.1) is 16.1 Å². The first-order valence-electron chi connectivity index (χ1n) is 8.78. The maximum absolute atomic E-state index is 12.9. The third-order valence-corrected chi connectivity index (χ3v) is 5.53. The number of anilines is 1. The Labute approximate surface area is 174 Å². The van der Waals surface area contributed by atoms with Crippen LogP contribution in [0.4, 0.5) is 18.9 Å². The van der Waals surface area contributed by atoms with E-state index >= 15 is 0 Å². The number of benzene rings is 2. The number of alkyl halides is 3. The van der Waals surface area contributed by atoms with Crippen LogP contribution in [0, 0.1) is 0 Å². The molecule has 1 N–H and O–H groups in total. The van der Waals surface area contributed by atoms with Gasteiger partial charge in [0.25, 0.3) is 10.0 Å². The number of fused-ring (bicyclic) bond motifs is 1. The number of aromatic nitrogens is 3. The van der Waals surface area contributed by atoms with E-state index in [1.54, 1.807) is 36.4 Å². The number of sulfonamides is 1. The van der Waals surface area contributed by atoms with Crippen molar-refractivity contribution < 1.29 is 26.1 Å². The fourth-order valence-corrected chi connectivity index (χ4v) is 3.90. The lowest BCUT2D eigenvalue weighted by molar-refractivity contribution is -0.159. The van der Waals surface area contributed by atoms with Gasteiger partial charge in [-0.2, -0.15) is 18.2 Å². The summed E-state index contributed by atoms with van der Waals surface area (Å²) in [4.78, 5) is 7.39. The van der Waals surface area contributed by atoms with E-state index in [4.69, 9.17) is 0 Å². The first-order chi connectivity index (χ1) is 14.7. The average molecular weight is 446 g/mol. The Kier molecular flexibility index (Phi) is 5.19. The van der Waals surface area contributed by atoms with Crippen LogP contribution in [-0.2, 0) is 16.2 Å². The van der Waals surface area contributed by atoms with Crippen LogP contribution in [-0.4, -0.2) is 23.5 Å². The molecule has 0 aliphatic heterocycles. The molecule has 0 radical (unpaired) electrons. The van der Waals surface area contributed by atoms with Crippen LogP contribution in [0.2, 0.25) is 0 Å². The molecular formula is C20H13F3N4O3S. The molecule has 0 amide bonds. The minimum Gasteiger partial charge on any atom is -0.329 e. The lowest BCUT2D eigenvalue weighted by atomic mass is 10.2. The third kappa shape index (κ3) is 4.56. The van der Waals surface area contributed by atoms with Gasteiger partial charge in [-0.05, 0) is 35.9 Å². The molecule has 0 saturated carbocycles. The van der Waals surface area contributed by atoms with Crippen LogP contribution in [0.15, 0.2) is 70.2 Å². The van der Waals surface area contributed by atoms with Gasteiger partial charge >= 0.3 is 12.1 Å². The fourth-order valence-electron chi connectivity index (χ4n) is 2.76. The highest BCUT2D eigenvalue weighted by Gasteiger charge is 2.38. The molecule has 4 rings (SSSR count). The van der Waals surface area contributed by atoms with Crippen molar-refractivity contribution in [1.29, 1.82) is 0 Å². The quantitative estimate of drug-likeness (QED) is 0.481. The van der Waals surface area contributed by atoms with Gasteiger partial charge in [-0.25, -0.2) is 8.42 Å². The maximum Gasteiger partial charge on any atom is 0.471 e. The van der Waals surface area contributed by atoms with Gasteiger partial charge in [0.2, 0.25) is 0 Å². The van der Waals surface area contributed by atoms with E-state index in [1.807, 2.05) is 0 Å². The average Bonchev–Trinajstić information content (AvgIpc) is 3.22. The Morgan fingerprint density at radius 3 is 2.58 bits per heavy atom. The number of rotatable bonds is 5. The van der Waals surface area contributed by atoms with Crippen molar-refractivity contribution in [3.63, 3.8) is 0 Å². The zero-order valence-electron chi connectivity index (χ0n) is 15.5. The number of hydrogen-bond donors (Lipinski definition) is 1. The van der Waals surface area contributed by atoms with Crippen LogP contribution < -0.4 is 4.72 Å². The van der Waals surface area contributed by atoms with Gasteiger partial charge in [0, 0.05) is 11.6 Å². The number of nitrogens with zero attached hydrogens (tertiary/aromatic N) is 3. The highest BCUT2D eigenvalue weighted by molar-refractivity contribution is 7.92. The number of nitrogens with one attached hydrogen (secondary N) is 1. The monoisotopic (exact) mass is 446 g/mol. The predicted octanol–water partition coefficient (Wildman–Crippen LogP) is 4.61. The molecule has 2 aromatic carbocycles. The Morgan fingerprint density at radius 2 is 1.81 bits per heavy atom. The lowest BCUT2D eigenvalue weighted by Crippen LogP contribution is -2.13. The number of hydrogen-bond acceptors (Lipinski definition) is 6. The van der Waals surface area contributed by atoms with E-state index in [2.05, 4.69) is 24.4 Å². The van der Waals surface area contributed by atoms with Crippen molar-refractivity contribution in [3.8, 4) is 0 Å². The second kappa shape index (κ2) is 7.84. The summed E-state index contributed by atoms with van der Waals surface area (Å²) in [6.45, 7) is 0. The normalized spacial score (nSPS) is 12.5. The van der Waals surface area contributed by atoms with E-state index in [0.717, 1.165) is 0 Å². The highest BCUT2D eigenvalue weighted by Crippen LogP contribution is 2.28. The molecule has 2 aromatic heterocycles. The van der Waals surface area contributed by atoms with Gasteiger partial charge < -0.3 is 4.52 Å². The van der Waals surface area contributed by atoms with E-state index in [9.17, 15) is 21.6 Å². The standard InChI is InChI=1S/C20H13F3N4O3S/c21-20(22,23)19-25-18(26-30-19)9-8-13-4-3-5-14(12-13)31(28,29)27-17-10-11-24-16-7-2-1-6-15(16)17/h1-12H,(H,24,27). The topological polar surface area (TPSA) is 98.0 Å². The molecule has 7 nitrogen and oxygen atoms in total. The molecule has 0 spiro atoms. The first-order valence-corrected chi connectivity index (χ1v) is 10.3. The minimum absolute atomic E-state index is 0.0281. The van der Waals surface area contributed by atoms with Crippen LogP contribution in [0.3, 0.4) is 0 Å². The Balaban J connectivity index is 1.59. The molecule has 0 fully saturated rings. The molecule has 0 saturated heterocycles. The molecule has 11 heteroatoms. The van der Waals surface area contributed by atoms with E-state index in [1.165, 1.54) is 36.5 Å². The number of pyridine rings is 1. The summed E-state index contributed by atoms with van der Waals surface area (Å²) in [5, 5.41) is 3.87. The Bertz CT molecular complexity index is 1380. The fraction of sp³-hybridized carbons (Fsp3) is 0.0500. The molecule has 0 atom stereocenters. The van der Waals surface area contributed by atoms with Gasteiger partial charge in [0.1, 0.15) is 0 Å². The second-order valence-corrected chi connectivity index (χ2v) is 8.02. The minimum atomic E-state index is -4.74. The molecule has 0 aliphatic rings. The van der Waals surface area contributed by atoms with Crippen LogP contribution in [0.5, 0.6) is 0 Å². The van der Waals surface area contributed by atoms with E-state index in [0.29, 0.717) is 22.2 Å². The summed E-state index contributed by atoms with van der Waals surface area (Å²) in [5.74, 6) is -1.75. The smallest absolute Gasteiger partial charge is 0.329 e. The maximum atomic E-state index is 12.9. The van der Waals surface area contributed by atoms with Crippen molar-refractivity contribution in [2.75, 3.05) is 4.72 Å². The molecule has 158 valence electrons. The SMILES string of the molecule is O=S(=O)(Nc1ccnc2ccccc12)c1cccc(C=Cc2noc(C(F)(F)F)n2)c1.